The van der Waals surface area contributed by atoms with Gasteiger partial charge >= 0.3 is 0 Å². The Labute approximate surface area is 190 Å². The molecule has 0 aliphatic heterocycles. The van der Waals surface area contributed by atoms with Crippen LogP contribution in [0.2, 0.25) is 5.02 Å². The van der Waals surface area contributed by atoms with Gasteiger partial charge in [-0.2, -0.15) is 4.80 Å². The van der Waals surface area contributed by atoms with Crippen molar-refractivity contribution >= 4 is 61.3 Å². The largest absolute Gasteiger partial charge is 0.321 e. The minimum absolute atomic E-state index is 0.0800. The molecule has 0 saturated carbocycles. The molecule has 0 radical (unpaired) electrons. The quantitative estimate of drug-likeness (QED) is 0.269. The zero-order chi connectivity index (χ0) is 22.4. The number of anilines is 1. The van der Waals surface area contributed by atoms with Crippen LogP contribution < -0.4 is 5.32 Å². The van der Waals surface area contributed by atoms with Gasteiger partial charge in [-0.1, -0.05) is 41.9 Å². The predicted molar refractivity (Wildman–Crippen MR) is 125 cm³/mol. The first-order valence-corrected chi connectivity index (χ1v) is 10.7. The highest BCUT2D eigenvalue weighted by Crippen LogP contribution is 2.40. The summed E-state index contributed by atoms with van der Waals surface area (Å²) in [5, 5.41) is 23.9. The molecule has 3 aromatic carbocycles. The third-order valence-corrected chi connectivity index (χ3v) is 6.73. The molecule has 32 heavy (non-hydrogen) atoms. The Morgan fingerprint density at radius 2 is 1.81 bits per heavy atom. The SMILES string of the molecule is Cc1cc2nn(-c3ccccc3)nc2cc1NC(=O)c1sc2c([N+](=O)[O-])cccc2c1Cl. The van der Waals surface area contributed by atoms with Crippen LogP contribution in [0, 0.1) is 17.0 Å². The second kappa shape index (κ2) is 7.70. The van der Waals surface area contributed by atoms with Crippen LogP contribution in [0.4, 0.5) is 11.4 Å². The summed E-state index contributed by atoms with van der Waals surface area (Å²) >= 11 is 7.40. The van der Waals surface area contributed by atoms with Crippen molar-refractivity contribution in [3.05, 3.63) is 86.2 Å². The number of rotatable bonds is 4. The Kier molecular flexibility index (Phi) is 4.84. The Balaban J connectivity index is 1.51. The van der Waals surface area contributed by atoms with E-state index in [-0.39, 0.29) is 15.6 Å². The number of aromatic nitrogens is 3. The van der Waals surface area contributed by atoms with Gasteiger partial charge < -0.3 is 5.32 Å². The number of aryl methyl sites for hydroxylation is 1. The van der Waals surface area contributed by atoms with Crippen LogP contribution in [-0.2, 0) is 0 Å². The van der Waals surface area contributed by atoms with E-state index in [1.165, 1.54) is 10.9 Å². The lowest BCUT2D eigenvalue weighted by molar-refractivity contribution is -0.382. The molecule has 5 aromatic rings. The van der Waals surface area contributed by atoms with E-state index in [2.05, 4.69) is 15.5 Å². The van der Waals surface area contributed by atoms with Gasteiger partial charge in [-0.15, -0.1) is 21.5 Å². The molecule has 0 spiro atoms. The van der Waals surface area contributed by atoms with Gasteiger partial charge in [0.25, 0.3) is 11.6 Å². The lowest BCUT2D eigenvalue weighted by atomic mass is 10.1. The number of halogens is 1. The molecule has 8 nitrogen and oxygen atoms in total. The number of nitrogens with zero attached hydrogens (tertiary/aromatic N) is 4. The van der Waals surface area contributed by atoms with Gasteiger partial charge in [0.1, 0.15) is 20.6 Å². The fourth-order valence-electron chi connectivity index (χ4n) is 3.42. The number of carbonyl (C=O) groups excluding carboxylic acids is 1. The average Bonchev–Trinajstić information content (AvgIpc) is 3.35. The zero-order valence-electron chi connectivity index (χ0n) is 16.6. The molecule has 158 valence electrons. The maximum absolute atomic E-state index is 13.0. The number of fused-ring (bicyclic) bond motifs is 2. The van der Waals surface area contributed by atoms with Crippen LogP contribution in [0.5, 0.6) is 0 Å². The maximum atomic E-state index is 13.0. The molecule has 1 N–H and O–H groups in total. The molecule has 10 heteroatoms. The lowest BCUT2D eigenvalue weighted by Gasteiger charge is -2.07. The number of nitro groups is 1. The Morgan fingerprint density at radius 1 is 1.09 bits per heavy atom. The molecular formula is C22H14ClN5O3S. The first-order valence-electron chi connectivity index (χ1n) is 9.52. The second-order valence-electron chi connectivity index (χ2n) is 7.09. The molecule has 0 saturated heterocycles. The summed E-state index contributed by atoms with van der Waals surface area (Å²) in [6.45, 7) is 1.86. The minimum atomic E-state index is -0.481. The molecule has 0 unspecified atom stereocenters. The van der Waals surface area contributed by atoms with E-state index in [0.717, 1.165) is 22.6 Å². The number of benzene rings is 3. The van der Waals surface area contributed by atoms with Gasteiger partial charge in [0.05, 0.1) is 15.6 Å². The van der Waals surface area contributed by atoms with Crippen LogP contribution in [0.15, 0.2) is 60.7 Å². The topological polar surface area (TPSA) is 103 Å². The molecule has 0 fully saturated rings. The molecule has 5 rings (SSSR count). The third-order valence-electron chi connectivity index (χ3n) is 5.00. The molecule has 0 aliphatic carbocycles. The number of thiophene rings is 1. The summed E-state index contributed by atoms with van der Waals surface area (Å²) in [6, 6.07) is 17.7. The smallest absolute Gasteiger partial charge is 0.287 e. The monoisotopic (exact) mass is 463 g/mol. The van der Waals surface area contributed by atoms with E-state index in [9.17, 15) is 14.9 Å². The van der Waals surface area contributed by atoms with E-state index >= 15 is 0 Å². The van der Waals surface area contributed by atoms with Gasteiger partial charge in [0.2, 0.25) is 0 Å². The molecule has 1 amide bonds. The maximum Gasteiger partial charge on any atom is 0.287 e. The highest BCUT2D eigenvalue weighted by atomic mass is 35.5. The Hall–Kier alpha value is -3.82. The predicted octanol–water partition coefficient (Wildman–Crippen LogP) is 5.76. The van der Waals surface area contributed by atoms with Crippen molar-refractivity contribution < 1.29 is 9.72 Å². The average molecular weight is 464 g/mol. The lowest BCUT2D eigenvalue weighted by Crippen LogP contribution is -2.11. The van der Waals surface area contributed by atoms with Crippen molar-refractivity contribution in [3.8, 4) is 5.69 Å². The van der Waals surface area contributed by atoms with E-state index < -0.39 is 10.8 Å². The fraction of sp³-hybridized carbons (Fsp3) is 0.0455. The standard InChI is InChI=1S/C22H14ClN5O3S/c1-12-10-16-17(26-27(25-16)13-6-3-2-4-7-13)11-15(12)24-22(29)21-19(23)14-8-5-9-18(28(30)31)20(14)32-21/h2-11H,1H3,(H,24,29). The van der Waals surface area contributed by atoms with Crippen molar-refractivity contribution in [2.45, 2.75) is 6.92 Å². The fourth-order valence-corrected chi connectivity index (χ4v) is 4.91. The molecule has 0 atom stereocenters. The number of hydrogen-bond acceptors (Lipinski definition) is 6. The summed E-state index contributed by atoms with van der Waals surface area (Å²) < 4.78 is 0.366. The Bertz CT molecular complexity index is 1530. The number of amides is 1. The number of nitrogens with one attached hydrogen (secondary N) is 1. The highest BCUT2D eigenvalue weighted by molar-refractivity contribution is 7.22. The van der Waals surface area contributed by atoms with Gasteiger partial charge in [-0.25, -0.2) is 0 Å². The molecule has 0 bridgehead atoms. The van der Waals surface area contributed by atoms with E-state index in [0.29, 0.717) is 26.8 Å². The summed E-state index contributed by atoms with van der Waals surface area (Å²) in [4.78, 5) is 25.6. The van der Waals surface area contributed by atoms with Gasteiger partial charge in [0, 0.05) is 17.1 Å². The number of nitro benzene ring substituents is 1. The number of hydrogen-bond donors (Lipinski definition) is 1. The van der Waals surface area contributed by atoms with Crippen LogP contribution in [0.3, 0.4) is 0 Å². The first-order chi connectivity index (χ1) is 15.4. The van der Waals surface area contributed by atoms with Gasteiger partial charge in [0.15, 0.2) is 0 Å². The van der Waals surface area contributed by atoms with Crippen LogP contribution in [-0.4, -0.2) is 25.8 Å². The van der Waals surface area contributed by atoms with Crippen molar-refractivity contribution in [1.82, 2.24) is 15.0 Å². The van der Waals surface area contributed by atoms with Crippen LogP contribution in [0.25, 0.3) is 26.8 Å². The van der Waals surface area contributed by atoms with Crippen molar-refractivity contribution in [2.75, 3.05) is 5.32 Å². The third kappa shape index (κ3) is 3.37. The van der Waals surface area contributed by atoms with Gasteiger partial charge in [-0.3, -0.25) is 14.9 Å². The molecular weight excluding hydrogens is 450 g/mol. The molecule has 0 aliphatic rings. The van der Waals surface area contributed by atoms with Crippen molar-refractivity contribution in [1.29, 1.82) is 0 Å². The van der Waals surface area contributed by atoms with E-state index in [1.807, 2.05) is 43.3 Å². The molecule has 2 aromatic heterocycles. The number of carbonyl (C=O) groups is 1. The van der Waals surface area contributed by atoms with Crippen molar-refractivity contribution in [3.63, 3.8) is 0 Å². The minimum Gasteiger partial charge on any atom is -0.321 e. The summed E-state index contributed by atoms with van der Waals surface area (Å²) in [6.07, 6.45) is 0. The normalized spacial score (nSPS) is 11.2. The van der Waals surface area contributed by atoms with E-state index in [1.54, 1.807) is 18.2 Å². The second-order valence-corrected chi connectivity index (χ2v) is 8.49. The molecule has 2 heterocycles. The Morgan fingerprint density at radius 3 is 2.53 bits per heavy atom. The number of non-ortho nitro benzene ring substituents is 1. The summed E-state index contributed by atoms with van der Waals surface area (Å²) in [7, 11) is 0. The zero-order valence-corrected chi connectivity index (χ0v) is 18.1. The number of para-hydroxylation sites is 1. The first kappa shape index (κ1) is 20.1. The van der Waals surface area contributed by atoms with Crippen LogP contribution in [0.1, 0.15) is 15.2 Å². The summed E-state index contributed by atoms with van der Waals surface area (Å²) in [5.41, 5.74) is 3.42. The van der Waals surface area contributed by atoms with Gasteiger partial charge in [-0.05, 0) is 36.8 Å². The van der Waals surface area contributed by atoms with E-state index in [4.69, 9.17) is 11.6 Å². The summed E-state index contributed by atoms with van der Waals surface area (Å²) in [5.74, 6) is -0.441. The van der Waals surface area contributed by atoms with Crippen LogP contribution >= 0.6 is 22.9 Å². The van der Waals surface area contributed by atoms with Crippen molar-refractivity contribution in [2.24, 2.45) is 0 Å². The highest BCUT2D eigenvalue weighted by Gasteiger charge is 2.23.